The molecule has 0 saturated carbocycles. The fourth-order valence-electron chi connectivity index (χ4n) is 3.08. The van der Waals surface area contributed by atoms with Crippen LogP contribution in [-0.2, 0) is 10.5 Å². The normalized spacial score (nSPS) is 15.9. The molecule has 1 unspecified atom stereocenters. The van der Waals surface area contributed by atoms with Gasteiger partial charge in [-0.1, -0.05) is 60.4 Å². The molecule has 1 atom stereocenters. The fourth-order valence-corrected chi connectivity index (χ4v) is 4.80. The molecule has 1 aliphatic heterocycles. The van der Waals surface area contributed by atoms with E-state index < -0.39 is 0 Å². The Bertz CT molecular complexity index is 677. The summed E-state index contributed by atoms with van der Waals surface area (Å²) < 4.78 is 0.880. The van der Waals surface area contributed by atoms with Crippen molar-refractivity contribution >= 4 is 46.5 Å². The zero-order chi connectivity index (χ0) is 17.5. The number of anilines is 1. The van der Waals surface area contributed by atoms with Gasteiger partial charge in [0, 0.05) is 12.2 Å². The molecular formula is C18H25ClN4OS2. The molecule has 0 bridgehead atoms. The topological polar surface area (TPSA) is 66.9 Å². The Morgan fingerprint density at radius 1 is 1.31 bits per heavy atom. The van der Waals surface area contributed by atoms with Crippen LogP contribution in [0.15, 0.2) is 34.7 Å². The molecule has 1 saturated heterocycles. The summed E-state index contributed by atoms with van der Waals surface area (Å²) in [5.41, 5.74) is 1.25. The summed E-state index contributed by atoms with van der Waals surface area (Å²) in [6.45, 7) is 4.31. The summed E-state index contributed by atoms with van der Waals surface area (Å²) >= 11 is 3.09. The lowest BCUT2D eigenvalue weighted by molar-refractivity contribution is -0.117. The minimum atomic E-state index is 0. The van der Waals surface area contributed by atoms with E-state index in [1.54, 1.807) is 11.8 Å². The standard InChI is InChI=1S/C18H24N4OS2.ClH/c1-13(15-7-9-19-10-8-15)11-16(23)20-17-21-22-18(25-17)24-12-14-5-3-2-4-6-14;/h2-6,13,15,19H,7-12H2,1H3,(H,20,21,23);1H. The smallest absolute Gasteiger partial charge is 0.226 e. The summed E-state index contributed by atoms with van der Waals surface area (Å²) in [5, 5.41) is 15.1. The maximum Gasteiger partial charge on any atom is 0.226 e. The van der Waals surface area contributed by atoms with E-state index in [9.17, 15) is 4.79 Å². The van der Waals surface area contributed by atoms with E-state index in [1.807, 2.05) is 18.2 Å². The summed E-state index contributed by atoms with van der Waals surface area (Å²) in [5.74, 6) is 1.94. The van der Waals surface area contributed by atoms with Crippen molar-refractivity contribution < 1.29 is 4.79 Å². The number of carbonyl (C=O) groups excluding carboxylic acids is 1. The van der Waals surface area contributed by atoms with E-state index in [4.69, 9.17) is 0 Å². The van der Waals surface area contributed by atoms with Crippen molar-refractivity contribution in [3.63, 3.8) is 0 Å². The van der Waals surface area contributed by atoms with Crippen LogP contribution < -0.4 is 10.6 Å². The van der Waals surface area contributed by atoms with Crippen LogP contribution in [0.25, 0.3) is 0 Å². The molecule has 142 valence electrons. The lowest BCUT2D eigenvalue weighted by atomic mass is 9.84. The molecule has 8 heteroatoms. The summed E-state index contributed by atoms with van der Waals surface area (Å²) in [6, 6.07) is 10.3. The van der Waals surface area contributed by atoms with Crippen molar-refractivity contribution in [1.29, 1.82) is 0 Å². The van der Waals surface area contributed by atoms with Gasteiger partial charge in [-0.25, -0.2) is 0 Å². The van der Waals surface area contributed by atoms with E-state index in [0.717, 1.165) is 36.0 Å². The van der Waals surface area contributed by atoms with Crippen molar-refractivity contribution in [1.82, 2.24) is 15.5 Å². The first-order chi connectivity index (χ1) is 12.2. The van der Waals surface area contributed by atoms with Crippen molar-refractivity contribution in [2.24, 2.45) is 11.8 Å². The Morgan fingerprint density at radius 2 is 2.04 bits per heavy atom. The molecule has 3 rings (SSSR count). The Labute approximate surface area is 169 Å². The number of piperidine rings is 1. The van der Waals surface area contributed by atoms with E-state index in [0.29, 0.717) is 23.4 Å². The molecule has 0 radical (unpaired) electrons. The number of benzene rings is 1. The lowest BCUT2D eigenvalue weighted by Crippen LogP contribution is -2.32. The molecule has 1 amide bonds. The van der Waals surface area contributed by atoms with Gasteiger partial charge < -0.3 is 10.6 Å². The average molecular weight is 413 g/mol. The van der Waals surface area contributed by atoms with Crippen LogP contribution in [-0.4, -0.2) is 29.2 Å². The second kappa shape index (κ2) is 10.9. The molecule has 2 heterocycles. The zero-order valence-electron chi connectivity index (χ0n) is 14.8. The molecule has 0 aliphatic carbocycles. The molecule has 1 aliphatic rings. The first kappa shape index (κ1) is 21.2. The Balaban J connectivity index is 0.00000243. The zero-order valence-corrected chi connectivity index (χ0v) is 17.3. The third-order valence-electron chi connectivity index (χ3n) is 4.55. The van der Waals surface area contributed by atoms with Gasteiger partial charge in [0.25, 0.3) is 0 Å². The maximum atomic E-state index is 12.3. The van der Waals surface area contributed by atoms with Gasteiger partial charge in [-0.3, -0.25) is 4.79 Å². The van der Waals surface area contributed by atoms with E-state index in [2.05, 4.69) is 39.9 Å². The maximum absolute atomic E-state index is 12.3. The van der Waals surface area contributed by atoms with Crippen LogP contribution >= 0.6 is 35.5 Å². The second-order valence-corrected chi connectivity index (χ2v) is 8.66. The van der Waals surface area contributed by atoms with Crippen molar-refractivity contribution in [2.45, 2.75) is 36.3 Å². The number of hydrogen-bond donors (Lipinski definition) is 2. The Hall–Kier alpha value is -1.15. The van der Waals surface area contributed by atoms with Crippen LogP contribution in [0.2, 0.25) is 0 Å². The van der Waals surface area contributed by atoms with Gasteiger partial charge >= 0.3 is 0 Å². The summed E-state index contributed by atoms with van der Waals surface area (Å²) in [4.78, 5) is 12.3. The molecule has 26 heavy (non-hydrogen) atoms. The number of amides is 1. The van der Waals surface area contributed by atoms with Gasteiger partial charge in [-0.05, 0) is 43.3 Å². The van der Waals surface area contributed by atoms with Crippen LogP contribution in [0.1, 0.15) is 31.7 Å². The minimum absolute atomic E-state index is 0. The monoisotopic (exact) mass is 412 g/mol. The number of nitrogens with zero attached hydrogens (tertiary/aromatic N) is 2. The number of halogens is 1. The minimum Gasteiger partial charge on any atom is -0.317 e. The molecular weight excluding hydrogens is 388 g/mol. The number of thioether (sulfide) groups is 1. The highest BCUT2D eigenvalue weighted by atomic mass is 35.5. The van der Waals surface area contributed by atoms with E-state index >= 15 is 0 Å². The van der Waals surface area contributed by atoms with Gasteiger partial charge in [0.05, 0.1) is 0 Å². The highest BCUT2D eigenvalue weighted by Crippen LogP contribution is 2.29. The van der Waals surface area contributed by atoms with Gasteiger partial charge in [0.2, 0.25) is 11.0 Å². The van der Waals surface area contributed by atoms with Crippen LogP contribution in [0.4, 0.5) is 5.13 Å². The highest BCUT2D eigenvalue weighted by molar-refractivity contribution is 8.00. The van der Waals surface area contributed by atoms with Crippen molar-refractivity contribution in [3.8, 4) is 0 Å². The third kappa shape index (κ3) is 6.54. The van der Waals surface area contributed by atoms with Gasteiger partial charge in [0.15, 0.2) is 4.34 Å². The molecule has 1 aromatic carbocycles. The molecule has 1 aromatic heterocycles. The number of carbonyl (C=O) groups is 1. The fraction of sp³-hybridized carbons (Fsp3) is 0.500. The number of rotatable bonds is 7. The van der Waals surface area contributed by atoms with Crippen molar-refractivity contribution in [3.05, 3.63) is 35.9 Å². The average Bonchev–Trinajstić information content (AvgIpc) is 3.08. The van der Waals surface area contributed by atoms with Crippen molar-refractivity contribution in [2.75, 3.05) is 18.4 Å². The quantitative estimate of drug-likeness (QED) is 0.526. The predicted molar refractivity (Wildman–Crippen MR) is 111 cm³/mol. The molecule has 0 spiro atoms. The largest absolute Gasteiger partial charge is 0.317 e. The van der Waals surface area contributed by atoms with Gasteiger partial charge in [0.1, 0.15) is 0 Å². The van der Waals surface area contributed by atoms with Gasteiger partial charge in [-0.2, -0.15) is 0 Å². The molecule has 1 fully saturated rings. The predicted octanol–water partition coefficient (Wildman–Crippen LogP) is 4.22. The van der Waals surface area contributed by atoms with Gasteiger partial charge in [-0.15, -0.1) is 22.6 Å². The highest BCUT2D eigenvalue weighted by Gasteiger charge is 2.22. The number of hydrogen-bond acceptors (Lipinski definition) is 6. The summed E-state index contributed by atoms with van der Waals surface area (Å²) in [6.07, 6.45) is 2.87. The van der Waals surface area contributed by atoms with Crippen LogP contribution in [0.3, 0.4) is 0 Å². The second-order valence-electron chi connectivity index (χ2n) is 6.46. The summed E-state index contributed by atoms with van der Waals surface area (Å²) in [7, 11) is 0. The number of aromatic nitrogens is 2. The van der Waals surface area contributed by atoms with E-state index in [-0.39, 0.29) is 18.3 Å². The number of nitrogens with one attached hydrogen (secondary N) is 2. The first-order valence-corrected chi connectivity index (χ1v) is 10.5. The Morgan fingerprint density at radius 3 is 2.77 bits per heavy atom. The molecule has 5 nitrogen and oxygen atoms in total. The first-order valence-electron chi connectivity index (χ1n) is 8.71. The van der Waals surface area contributed by atoms with E-state index in [1.165, 1.54) is 16.9 Å². The molecule has 2 aromatic rings. The SMILES string of the molecule is CC(CC(=O)Nc1nnc(SCc2ccccc2)s1)C1CCNCC1.Cl. The van der Waals surface area contributed by atoms with Crippen LogP contribution in [0, 0.1) is 11.8 Å². The molecule has 2 N–H and O–H groups in total. The Kier molecular flexibility index (Phi) is 8.84. The van der Waals surface area contributed by atoms with Crippen LogP contribution in [0.5, 0.6) is 0 Å². The third-order valence-corrected chi connectivity index (χ3v) is 6.60. The lowest BCUT2D eigenvalue weighted by Gasteiger charge is -2.27.